The first kappa shape index (κ1) is 16.1. The zero-order valence-electron chi connectivity index (χ0n) is 10.9. The lowest BCUT2D eigenvalue weighted by molar-refractivity contribution is -0.139. The Morgan fingerprint density at radius 1 is 1.55 bits per heavy atom. The number of hydrogen-bond donors (Lipinski definition) is 2. The number of nitriles is 1. The molecular formula is C12H15N3O4S. The summed E-state index contributed by atoms with van der Waals surface area (Å²) in [5.74, 6) is -1.22. The minimum Gasteiger partial charge on any atom is -0.480 e. The molecule has 108 valence electrons. The minimum absolute atomic E-state index is 0.0877. The van der Waals surface area contributed by atoms with E-state index in [2.05, 4.69) is 9.71 Å². The highest BCUT2D eigenvalue weighted by molar-refractivity contribution is 7.89. The molecular weight excluding hydrogens is 282 g/mol. The molecule has 8 heteroatoms. The molecule has 0 amide bonds. The summed E-state index contributed by atoms with van der Waals surface area (Å²) in [6.45, 7) is 1.89. The van der Waals surface area contributed by atoms with Gasteiger partial charge in [-0.15, -0.1) is 0 Å². The summed E-state index contributed by atoms with van der Waals surface area (Å²) in [5.41, 5.74) is 0.0877. The Labute approximate surface area is 117 Å². The summed E-state index contributed by atoms with van der Waals surface area (Å²) >= 11 is 0. The summed E-state index contributed by atoms with van der Waals surface area (Å²) in [6.07, 6.45) is 2.61. The van der Waals surface area contributed by atoms with E-state index in [0.717, 1.165) is 12.6 Å². The molecule has 20 heavy (non-hydrogen) atoms. The quantitative estimate of drug-likeness (QED) is 0.770. The second kappa shape index (κ2) is 6.98. The number of rotatable bonds is 7. The van der Waals surface area contributed by atoms with E-state index in [1.165, 1.54) is 12.1 Å². The van der Waals surface area contributed by atoms with Crippen molar-refractivity contribution >= 4 is 16.0 Å². The van der Waals surface area contributed by atoms with Crippen LogP contribution in [0.25, 0.3) is 0 Å². The predicted molar refractivity (Wildman–Crippen MR) is 70.2 cm³/mol. The van der Waals surface area contributed by atoms with Gasteiger partial charge in [0.2, 0.25) is 10.0 Å². The fraction of sp³-hybridized carbons (Fsp3) is 0.417. The molecule has 0 saturated heterocycles. The summed E-state index contributed by atoms with van der Waals surface area (Å²) < 4.78 is 26.2. The van der Waals surface area contributed by atoms with Crippen molar-refractivity contribution in [3.8, 4) is 6.07 Å². The van der Waals surface area contributed by atoms with E-state index in [1.807, 2.05) is 6.92 Å². The number of pyridine rings is 1. The summed E-state index contributed by atoms with van der Waals surface area (Å²) in [7, 11) is -3.96. The second-order valence-electron chi connectivity index (χ2n) is 4.15. The maximum absolute atomic E-state index is 12.0. The molecule has 0 spiro atoms. The Morgan fingerprint density at radius 2 is 2.25 bits per heavy atom. The van der Waals surface area contributed by atoms with Crippen LogP contribution in [0.15, 0.2) is 23.2 Å². The van der Waals surface area contributed by atoms with Crippen molar-refractivity contribution in [2.45, 2.75) is 37.1 Å². The molecule has 0 fully saturated rings. The molecule has 0 aliphatic carbocycles. The van der Waals surface area contributed by atoms with Crippen LogP contribution in [0.3, 0.4) is 0 Å². The van der Waals surface area contributed by atoms with Crippen LogP contribution in [0.4, 0.5) is 0 Å². The molecule has 2 N–H and O–H groups in total. The van der Waals surface area contributed by atoms with Crippen LogP contribution in [0.1, 0.15) is 31.9 Å². The molecule has 0 aliphatic rings. The van der Waals surface area contributed by atoms with Gasteiger partial charge in [-0.05, 0) is 18.6 Å². The van der Waals surface area contributed by atoms with Gasteiger partial charge in [0.15, 0.2) is 0 Å². The predicted octanol–water partition coefficient (Wildman–Crippen LogP) is 0.875. The van der Waals surface area contributed by atoms with Crippen molar-refractivity contribution in [3.05, 3.63) is 24.0 Å². The highest BCUT2D eigenvalue weighted by Gasteiger charge is 2.25. The van der Waals surface area contributed by atoms with Gasteiger partial charge in [-0.2, -0.15) is 9.98 Å². The van der Waals surface area contributed by atoms with Gasteiger partial charge in [0, 0.05) is 6.20 Å². The Morgan fingerprint density at radius 3 is 2.70 bits per heavy atom. The first-order valence-electron chi connectivity index (χ1n) is 6.02. The third-order valence-electron chi connectivity index (χ3n) is 2.60. The summed E-state index contributed by atoms with van der Waals surface area (Å²) in [5, 5.41) is 17.6. The third kappa shape index (κ3) is 4.29. The maximum Gasteiger partial charge on any atom is 0.321 e. The molecule has 0 aliphatic heterocycles. The molecule has 0 aromatic carbocycles. The number of aromatic nitrogens is 1. The van der Waals surface area contributed by atoms with Crippen molar-refractivity contribution < 1.29 is 18.3 Å². The fourth-order valence-corrected chi connectivity index (χ4v) is 2.67. The van der Waals surface area contributed by atoms with E-state index in [9.17, 15) is 13.2 Å². The molecule has 1 aromatic heterocycles. The molecule has 7 nitrogen and oxygen atoms in total. The first-order valence-corrected chi connectivity index (χ1v) is 7.50. The van der Waals surface area contributed by atoms with Crippen LogP contribution in [0, 0.1) is 11.3 Å². The smallest absolute Gasteiger partial charge is 0.321 e. The Balaban J connectivity index is 2.91. The van der Waals surface area contributed by atoms with Gasteiger partial charge >= 0.3 is 5.97 Å². The lowest BCUT2D eigenvalue weighted by atomic mass is 10.1. The molecule has 0 unspecified atom stereocenters. The minimum atomic E-state index is -3.96. The van der Waals surface area contributed by atoms with Gasteiger partial charge < -0.3 is 5.11 Å². The second-order valence-corrected chi connectivity index (χ2v) is 5.86. The van der Waals surface area contributed by atoms with Gasteiger partial charge in [-0.25, -0.2) is 13.4 Å². The van der Waals surface area contributed by atoms with E-state index in [4.69, 9.17) is 10.4 Å². The van der Waals surface area contributed by atoms with E-state index in [1.54, 1.807) is 6.07 Å². The molecule has 1 heterocycles. The summed E-state index contributed by atoms with van der Waals surface area (Å²) in [4.78, 5) is 14.5. The molecule has 1 rings (SSSR count). The van der Waals surface area contributed by atoms with Crippen LogP contribution in [-0.4, -0.2) is 30.5 Å². The monoisotopic (exact) mass is 297 g/mol. The summed E-state index contributed by atoms with van der Waals surface area (Å²) in [6, 6.07) is 3.08. The van der Waals surface area contributed by atoms with Crippen LogP contribution < -0.4 is 4.72 Å². The van der Waals surface area contributed by atoms with Crippen LogP contribution in [0.5, 0.6) is 0 Å². The first-order chi connectivity index (χ1) is 9.40. The SMILES string of the molecule is CCCC[C@H](NS(=O)(=O)c1ccc(C#N)nc1)C(=O)O. The number of carbonyl (C=O) groups is 1. The largest absolute Gasteiger partial charge is 0.480 e. The number of unbranched alkanes of at least 4 members (excludes halogenated alkanes) is 1. The Hall–Kier alpha value is -1.98. The van der Waals surface area contributed by atoms with Gasteiger partial charge in [0.25, 0.3) is 0 Å². The number of nitrogens with one attached hydrogen (secondary N) is 1. The number of hydrogen-bond acceptors (Lipinski definition) is 5. The van der Waals surface area contributed by atoms with Crippen LogP contribution >= 0.6 is 0 Å². The zero-order valence-corrected chi connectivity index (χ0v) is 11.7. The van der Waals surface area contributed by atoms with Gasteiger partial charge in [0.1, 0.15) is 22.7 Å². The van der Waals surface area contributed by atoms with Gasteiger partial charge in [-0.1, -0.05) is 19.8 Å². The highest BCUT2D eigenvalue weighted by atomic mass is 32.2. The highest BCUT2D eigenvalue weighted by Crippen LogP contribution is 2.10. The third-order valence-corrected chi connectivity index (χ3v) is 4.06. The van der Waals surface area contributed by atoms with Crippen molar-refractivity contribution in [2.75, 3.05) is 0 Å². The number of carboxylic acid groups (broad SMARTS) is 1. The van der Waals surface area contributed by atoms with E-state index in [0.29, 0.717) is 6.42 Å². The van der Waals surface area contributed by atoms with Gasteiger partial charge in [0.05, 0.1) is 0 Å². The number of nitrogens with zero attached hydrogens (tertiary/aromatic N) is 2. The van der Waals surface area contributed by atoms with Crippen molar-refractivity contribution in [1.82, 2.24) is 9.71 Å². The lowest BCUT2D eigenvalue weighted by Gasteiger charge is -2.14. The molecule has 0 saturated carbocycles. The van der Waals surface area contributed by atoms with Crippen LogP contribution in [0.2, 0.25) is 0 Å². The van der Waals surface area contributed by atoms with E-state index >= 15 is 0 Å². The normalized spacial score (nSPS) is 12.6. The number of carboxylic acids is 1. The number of aliphatic carboxylic acids is 1. The Kier molecular flexibility index (Phi) is 5.61. The maximum atomic E-state index is 12.0. The standard InChI is InChI=1S/C12H15N3O4S/c1-2-3-4-11(12(16)17)15-20(18,19)10-6-5-9(7-13)14-8-10/h5-6,8,11,15H,2-4H2,1H3,(H,16,17)/t11-/m0/s1. The van der Waals surface area contributed by atoms with Gasteiger partial charge in [-0.3, -0.25) is 4.79 Å². The number of sulfonamides is 1. The van der Waals surface area contributed by atoms with Crippen molar-refractivity contribution in [3.63, 3.8) is 0 Å². The zero-order chi connectivity index (χ0) is 15.2. The molecule has 1 atom stereocenters. The average molecular weight is 297 g/mol. The molecule has 1 aromatic rings. The van der Waals surface area contributed by atoms with Crippen molar-refractivity contribution in [2.24, 2.45) is 0 Å². The van der Waals surface area contributed by atoms with Crippen LogP contribution in [-0.2, 0) is 14.8 Å². The molecule has 0 radical (unpaired) electrons. The Bertz CT molecular complexity index is 605. The topological polar surface area (TPSA) is 120 Å². The van der Waals surface area contributed by atoms with E-state index in [-0.39, 0.29) is 17.0 Å². The lowest BCUT2D eigenvalue weighted by Crippen LogP contribution is -2.40. The average Bonchev–Trinajstić information content (AvgIpc) is 2.43. The van der Waals surface area contributed by atoms with Crippen molar-refractivity contribution in [1.29, 1.82) is 5.26 Å². The fourth-order valence-electron chi connectivity index (χ4n) is 1.50. The van der Waals surface area contributed by atoms with E-state index < -0.39 is 22.0 Å². The molecule has 0 bridgehead atoms.